The zero-order chi connectivity index (χ0) is 17.2. The molecule has 3 rings (SSSR count). The minimum absolute atomic E-state index is 0.245. The molecule has 3 aromatic rings. The second-order valence-electron chi connectivity index (χ2n) is 4.92. The van der Waals surface area contributed by atoms with Gasteiger partial charge in [-0.15, -0.1) is 5.10 Å². The predicted molar refractivity (Wildman–Crippen MR) is 85.6 cm³/mol. The average Bonchev–Trinajstić information content (AvgIpc) is 3.01. The van der Waals surface area contributed by atoms with E-state index in [1.165, 1.54) is 6.07 Å². The molecule has 5 nitrogen and oxygen atoms in total. The number of hydrogen-bond donors (Lipinski definition) is 1. The van der Waals surface area contributed by atoms with Crippen LogP contribution in [0.1, 0.15) is 11.4 Å². The van der Waals surface area contributed by atoms with Gasteiger partial charge in [0.1, 0.15) is 11.4 Å². The van der Waals surface area contributed by atoms with Crippen molar-refractivity contribution in [2.24, 2.45) is 0 Å². The third-order valence-corrected chi connectivity index (χ3v) is 3.63. The molecule has 0 unspecified atom stereocenters. The van der Waals surface area contributed by atoms with Crippen molar-refractivity contribution < 1.29 is 13.2 Å². The molecule has 9 heteroatoms. The Morgan fingerprint density at radius 2 is 2.00 bits per heavy atom. The molecule has 0 radical (unpaired) electrons. The molecular weight excluding hydrogens is 387 g/mol. The maximum atomic E-state index is 12.6. The fourth-order valence-corrected chi connectivity index (χ4v) is 2.40. The predicted octanol–water partition coefficient (Wildman–Crippen LogP) is 4.06. The first-order valence-electron chi connectivity index (χ1n) is 6.86. The average molecular weight is 398 g/mol. The van der Waals surface area contributed by atoms with E-state index < -0.39 is 11.9 Å². The number of aromatic nitrogens is 4. The van der Waals surface area contributed by atoms with Crippen LogP contribution in [0.3, 0.4) is 0 Å². The number of alkyl halides is 3. The highest BCUT2D eigenvalue weighted by molar-refractivity contribution is 9.10. The molecule has 0 atom stereocenters. The molecule has 124 valence electrons. The van der Waals surface area contributed by atoms with Crippen molar-refractivity contribution in [3.05, 3.63) is 64.7 Å². The first-order valence-corrected chi connectivity index (χ1v) is 7.65. The second-order valence-corrected chi connectivity index (χ2v) is 5.83. The van der Waals surface area contributed by atoms with E-state index in [1.807, 2.05) is 24.3 Å². The Kier molecular flexibility index (Phi) is 4.52. The minimum Gasteiger partial charge on any atom is -0.379 e. The molecule has 24 heavy (non-hydrogen) atoms. The fraction of sp³-hybridized carbons (Fsp3) is 0.133. The van der Waals surface area contributed by atoms with Gasteiger partial charge in [0.05, 0.1) is 18.4 Å². The van der Waals surface area contributed by atoms with Crippen LogP contribution in [0.25, 0.3) is 5.69 Å². The maximum Gasteiger partial charge on any atom is 0.433 e. The van der Waals surface area contributed by atoms with Crippen molar-refractivity contribution in [2.75, 3.05) is 5.32 Å². The quantitative estimate of drug-likeness (QED) is 0.721. The summed E-state index contributed by atoms with van der Waals surface area (Å²) in [6.07, 6.45) is -1.65. The number of rotatable bonds is 4. The van der Waals surface area contributed by atoms with Crippen molar-refractivity contribution in [3.8, 4) is 5.69 Å². The van der Waals surface area contributed by atoms with Crippen LogP contribution in [0.2, 0.25) is 0 Å². The molecule has 0 saturated heterocycles. The maximum absolute atomic E-state index is 12.6. The molecule has 2 aromatic heterocycles. The van der Waals surface area contributed by atoms with Crippen LogP contribution >= 0.6 is 15.9 Å². The Bertz CT molecular complexity index is 847. The third kappa shape index (κ3) is 3.91. The smallest absolute Gasteiger partial charge is 0.379 e. The number of pyridine rings is 1. The molecule has 0 saturated carbocycles. The number of benzene rings is 1. The van der Waals surface area contributed by atoms with Gasteiger partial charge >= 0.3 is 6.18 Å². The monoisotopic (exact) mass is 397 g/mol. The van der Waals surface area contributed by atoms with Crippen LogP contribution in [0, 0.1) is 0 Å². The third-order valence-electron chi connectivity index (χ3n) is 3.14. The lowest BCUT2D eigenvalue weighted by atomic mass is 10.3. The van der Waals surface area contributed by atoms with Crippen molar-refractivity contribution >= 4 is 21.6 Å². The van der Waals surface area contributed by atoms with Crippen molar-refractivity contribution in [3.63, 3.8) is 0 Å². The standard InChI is InChI=1S/C15H11BrF3N5/c16-10-2-1-3-13(6-10)24-9-12(22-23-24)8-21-11-4-5-20-14(7-11)15(17,18)19/h1-7,9H,8H2,(H,20,21). The molecule has 0 bridgehead atoms. The highest BCUT2D eigenvalue weighted by atomic mass is 79.9. The van der Waals surface area contributed by atoms with E-state index in [1.54, 1.807) is 10.9 Å². The summed E-state index contributed by atoms with van der Waals surface area (Å²) in [4.78, 5) is 3.32. The molecule has 0 spiro atoms. The molecule has 0 aliphatic carbocycles. The summed E-state index contributed by atoms with van der Waals surface area (Å²) < 4.78 is 40.4. The topological polar surface area (TPSA) is 55.6 Å². The summed E-state index contributed by atoms with van der Waals surface area (Å²) >= 11 is 3.38. The molecule has 0 amide bonds. The minimum atomic E-state index is -4.47. The molecular formula is C15H11BrF3N5. The van der Waals surface area contributed by atoms with E-state index in [2.05, 4.69) is 36.5 Å². The summed E-state index contributed by atoms with van der Waals surface area (Å²) in [5.41, 5.74) is 0.798. The zero-order valence-electron chi connectivity index (χ0n) is 12.1. The number of hydrogen-bond acceptors (Lipinski definition) is 4. The number of nitrogens with one attached hydrogen (secondary N) is 1. The Morgan fingerprint density at radius 1 is 1.17 bits per heavy atom. The number of halogens is 4. The van der Waals surface area contributed by atoms with Gasteiger partial charge in [-0.05, 0) is 30.3 Å². The Hall–Kier alpha value is -2.42. The highest BCUT2D eigenvalue weighted by Crippen LogP contribution is 2.28. The fourth-order valence-electron chi connectivity index (χ4n) is 2.01. The highest BCUT2D eigenvalue weighted by Gasteiger charge is 2.32. The molecule has 0 aliphatic rings. The van der Waals surface area contributed by atoms with E-state index >= 15 is 0 Å². The second kappa shape index (κ2) is 6.60. The molecule has 0 aliphatic heterocycles. The van der Waals surface area contributed by atoms with E-state index in [9.17, 15) is 13.2 Å². The molecule has 1 N–H and O–H groups in total. The summed E-state index contributed by atoms with van der Waals surface area (Å²) in [7, 11) is 0. The SMILES string of the molecule is FC(F)(F)c1cc(NCc2cn(-c3cccc(Br)c3)nn2)ccn1. The summed E-state index contributed by atoms with van der Waals surface area (Å²) in [5.74, 6) is 0. The lowest BCUT2D eigenvalue weighted by Gasteiger charge is -2.08. The Morgan fingerprint density at radius 3 is 2.75 bits per heavy atom. The van der Waals surface area contributed by atoms with Crippen LogP contribution in [0.15, 0.2) is 53.3 Å². The van der Waals surface area contributed by atoms with Crippen molar-refractivity contribution in [1.82, 2.24) is 20.0 Å². The molecule has 2 heterocycles. The summed E-state index contributed by atoms with van der Waals surface area (Å²) in [6.45, 7) is 0.245. The van der Waals surface area contributed by atoms with Gasteiger partial charge in [0.15, 0.2) is 0 Å². The summed E-state index contributed by atoms with van der Waals surface area (Å²) in [5, 5.41) is 10.9. The van der Waals surface area contributed by atoms with Crippen LogP contribution in [-0.4, -0.2) is 20.0 Å². The number of nitrogens with zero attached hydrogens (tertiary/aromatic N) is 4. The Balaban J connectivity index is 1.70. The van der Waals surface area contributed by atoms with Crippen molar-refractivity contribution in [1.29, 1.82) is 0 Å². The van der Waals surface area contributed by atoms with Gasteiger partial charge in [-0.2, -0.15) is 13.2 Å². The van der Waals surface area contributed by atoms with Crippen LogP contribution < -0.4 is 5.32 Å². The van der Waals surface area contributed by atoms with Crippen LogP contribution in [-0.2, 0) is 12.7 Å². The van der Waals surface area contributed by atoms with E-state index in [0.29, 0.717) is 11.4 Å². The Labute approximate surface area is 143 Å². The number of anilines is 1. The van der Waals surface area contributed by atoms with Gasteiger partial charge in [-0.1, -0.05) is 27.2 Å². The van der Waals surface area contributed by atoms with Gasteiger partial charge in [-0.3, -0.25) is 4.98 Å². The normalized spacial score (nSPS) is 11.5. The molecule has 1 aromatic carbocycles. The van der Waals surface area contributed by atoms with E-state index in [0.717, 1.165) is 22.4 Å². The first-order chi connectivity index (χ1) is 11.4. The van der Waals surface area contributed by atoms with Gasteiger partial charge in [0.2, 0.25) is 0 Å². The van der Waals surface area contributed by atoms with E-state index in [4.69, 9.17) is 0 Å². The summed E-state index contributed by atoms with van der Waals surface area (Å²) in [6, 6.07) is 9.94. The molecule has 0 fully saturated rings. The first kappa shape index (κ1) is 16.4. The zero-order valence-corrected chi connectivity index (χ0v) is 13.7. The largest absolute Gasteiger partial charge is 0.433 e. The lowest BCUT2D eigenvalue weighted by Crippen LogP contribution is -2.09. The van der Waals surface area contributed by atoms with Crippen LogP contribution in [0.5, 0.6) is 0 Å². The van der Waals surface area contributed by atoms with E-state index in [-0.39, 0.29) is 6.54 Å². The van der Waals surface area contributed by atoms with Crippen LogP contribution in [0.4, 0.5) is 18.9 Å². The van der Waals surface area contributed by atoms with Crippen molar-refractivity contribution in [2.45, 2.75) is 12.7 Å². The van der Waals surface area contributed by atoms with Gasteiger partial charge < -0.3 is 5.32 Å². The van der Waals surface area contributed by atoms with Gasteiger partial charge in [-0.25, -0.2) is 4.68 Å². The van der Waals surface area contributed by atoms with Gasteiger partial charge in [0, 0.05) is 16.4 Å². The van der Waals surface area contributed by atoms with Gasteiger partial charge in [0.25, 0.3) is 0 Å². The lowest BCUT2D eigenvalue weighted by molar-refractivity contribution is -0.141.